The summed E-state index contributed by atoms with van der Waals surface area (Å²) in [7, 11) is 0. The topological polar surface area (TPSA) is 100 Å². The van der Waals surface area contributed by atoms with E-state index in [4.69, 9.17) is 4.74 Å². The van der Waals surface area contributed by atoms with Gasteiger partial charge in [0.15, 0.2) is 0 Å². The van der Waals surface area contributed by atoms with Gasteiger partial charge in [-0.2, -0.15) is 5.10 Å². The average molecular weight is 405 g/mol. The molecule has 0 aliphatic carbocycles. The van der Waals surface area contributed by atoms with Gasteiger partial charge in [-0.05, 0) is 48.9 Å². The molecule has 2 amide bonds. The van der Waals surface area contributed by atoms with E-state index in [0.29, 0.717) is 23.8 Å². The molecule has 3 aromatic carbocycles. The van der Waals surface area contributed by atoms with E-state index in [9.17, 15) is 14.7 Å². The fourth-order valence-corrected chi connectivity index (χ4v) is 2.93. The van der Waals surface area contributed by atoms with Crippen LogP contribution in [0, 0.1) is 0 Å². The molecule has 0 aliphatic heterocycles. The third-order valence-corrected chi connectivity index (χ3v) is 4.33. The molecule has 0 saturated carbocycles. The predicted octanol–water partition coefficient (Wildman–Crippen LogP) is 4.08. The molecule has 3 aromatic rings. The molecule has 7 nitrogen and oxygen atoms in total. The lowest BCUT2D eigenvalue weighted by atomic mass is 10.1. The van der Waals surface area contributed by atoms with Gasteiger partial charge in [-0.1, -0.05) is 36.4 Å². The van der Waals surface area contributed by atoms with Crippen molar-refractivity contribution in [1.82, 2.24) is 5.43 Å². The van der Waals surface area contributed by atoms with Crippen molar-refractivity contribution in [2.75, 3.05) is 11.9 Å². The Labute approximate surface area is 174 Å². The van der Waals surface area contributed by atoms with Crippen LogP contribution in [0.1, 0.15) is 30.6 Å². The second-order valence-corrected chi connectivity index (χ2v) is 6.66. The fraction of sp³-hybridized carbons (Fsp3) is 0.174. The Hall–Kier alpha value is -3.87. The van der Waals surface area contributed by atoms with Crippen molar-refractivity contribution in [3.8, 4) is 11.5 Å². The number of carbonyl (C=O) groups excluding carboxylic acids is 2. The molecule has 3 N–H and O–H groups in total. The molecule has 154 valence electrons. The number of aromatic hydroxyl groups is 1. The van der Waals surface area contributed by atoms with Gasteiger partial charge >= 0.3 is 0 Å². The number of nitrogens with one attached hydrogen (secondary N) is 2. The molecule has 0 unspecified atom stereocenters. The number of nitrogens with zero attached hydrogens (tertiary/aromatic N) is 1. The lowest BCUT2D eigenvalue weighted by Crippen LogP contribution is -2.21. The number of hydrogen-bond donors (Lipinski definition) is 3. The van der Waals surface area contributed by atoms with Crippen molar-refractivity contribution in [3.63, 3.8) is 0 Å². The molecule has 3 rings (SSSR count). The second-order valence-electron chi connectivity index (χ2n) is 6.66. The van der Waals surface area contributed by atoms with Crippen molar-refractivity contribution in [3.05, 3.63) is 66.2 Å². The van der Waals surface area contributed by atoms with Gasteiger partial charge in [0.1, 0.15) is 11.5 Å². The Morgan fingerprint density at radius 2 is 1.70 bits per heavy atom. The first-order valence-corrected chi connectivity index (χ1v) is 9.55. The second kappa shape index (κ2) is 9.56. The molecule has 0 atom stereocenters. The number of ether oxygens (including phenoxy) is 1. The molecule has 0 spiro atoms. The average Bonchev–Trinajstić information content (AvgIpc) is 2.73. The number of phenolic OH excluding ortho intramolecular Hbond substituents is 1. The number of fused-ring (bicyclic) bond motifs is 1. The fourth-order valence-electron chi connectivity index (χ4n) is 2.93. The minimum atomic E-state index is -0.556. The standard InChI is InChI=1S/C23H23N3O4/c1-3-30-21-11-7-6-10-19(21)24-22(28)12-15(2)25-26-23(29)18-13-16-8-4-5-9-17(16)14-20(18)27/h4-11,13-14,27H,3,12H2,1-2H3,(H,24,28)(H,26,29). The van der Waals surface area contributed by atoms with Crippen LogP contribution in [0.3, 0.4) is 0 Å². The molecule has 30 heavy (non-hydrogen) atoms. The lowest BCUT2D eigenvalue weighted by Gasteiger charge is -2.11. The van der Waals surface area contributed by atoms with Crippen molar-refractivity contribution >= 4 is 34.0 Å². The molecule has 0 aromatic heterocycles. The SMILES string of the molecule is CCOc1ccccc1NC(=O)CC(C)=NNC(=O)c1cc2ccccc2cc1O. The van der Waals surface area contributed by atoms with Crippen molar-refractivity contribution in [1.29, 1.82) is 0 Å². The molecular weight excluding hydrogens is 382 g/mol. The number of rotatable bonds is 7. The van der Waals surface area contributed by atoms with Gasteiger partial charge in [0.25, 0.3) is 5.91 Å². The molecular formula is C23H23N3O4. The number of hydrazone groups is 1. The maximum Gasteiger partial charge on any atom is 0.275 e. The molecule has 0 aliphatic rings. The number of carbonyl (C=O) groups is 2. The van der Waals surface area contributed by atoms with Crippen molar-refractivity contribution < 1.29 is 19.4 Å². The largest absolute Gasteiger partial charge is 0.507 e. The Kier molecular flexibility index (Phi) is 6.64. The summed E-state index contributed by atoms with van der Waals surface area (Å²) in [5.74, 6) is -0.391. The highest BCUT2D eigenvalue weighted by atomic mass is 16.5. The Morgan fingerprint density at radius 1 is 1.03 bits per heavy atom. The number of hydrogen-bond acceptors (Lipinski definition) is 5. The summed E-state index contributed by atoms with van der Waals surface area (Å²) in [5, 5.41) is 18.5. The molecule has 0 bridgehead atoms. The molecule has 0 radical (unpaired) electrons. The Morgan fingerprint density at radius 3 is 2.43 bits per heavy atom. The predicted molar refractivity (Wildman–Crippen MR) is 117 cm³/mol. The Bertz CT molecular complexity index is 1110. The minimum Gasteiger partial charge on any atom is -0.507 e. The number of benzene rings is 3. The maximum absolute atomic E-state index is 12.4. The van der Waals surface area contributed by atoms with Crippen molar-refractivity contribution in [2.45, 2.75) is 20.3 Å². The maximum atomic E-state index is 12.4. The number of amides is 2. The molecule has 0 heterocycles. The first-order chi connectivity index (χ1) is 14.5. The number of para-hydroxylation sites is 2. The van der Waals surface area contributed by atoms with E-state index in [1.165, 1.54) is 6.07 Å². The third-order valence-electron chi connectivity index (χ3n) is 4.33. The summed E-state index contributed by atoms with van der Waals surface area (Å²) in [5.41, 5.74) is 3.48. The van der Waals surface area contributed by atoms with Gasteiger partial charge in [-0.3, -0.25) is 9.59 Å². The monoisotopic (exact) mass is 405 g/mol. The van der Waals surface area contributed by atoms with Crippen LogP contribution < -0.4 is 15.5 Å². The van der Waals surface area contributed by atoms with Crippen LogP contribution in [-0.2, 0) is 4.79 Å². The van der Waals surface area contributed by atoms with Gasteiger partial charge in [0.2, 0.25) is 5.91 Å². The van der Waals surface area contributed by atoms with Crippen LogP contribution >= 0.6 is 0 Å². The molecule has 0 saturated heterocycles. The van der Waals surface area contributed by atoms with Gasteiger partial charge < -0.3 is 15.2 Å². The van der Waals surface area contributed by atoms with Gasteiger partial charge in [-0.25, -0.2) is 5.43 Å². The van der Waals surface area contributed by atoms with Crippen LogP contribution in [0.5, 0.6) is 11.5 Å². The highest BCUT2D eigenvalue weighted by Gasteiger charge is 2.13. The summed E-state index contributed by atoms with van der Waals surface area (Å²) in [6.45, 7) is 3.99. The van der Waals surface area contributed by atoms with Gasteiger partial charge in [-0.15, -0.1) is 0 Å². The summed E-state index contributed by atoms with van der Waals surface area (Å²) in [6, 6.07) is 17.7. The zero-order chi connectivity index (χ0) is 21.5. The van der Waals surface area contributed by atoms with E-state index in [0.717, 1.165) is 10.8 Å². The van der Waals surface area contributed by atoms with E-state index in [-0.39, 0.29) is 23.6 Å². The zero-order valence-corrected chi connectivity index (χ0v) is 16.8. The van der Waals surface area contributed by atoms with Crippen LogP contribution in [0.4, 0.5) is 5.69 Å². The Balaban J connectivity index is 1.63. The van der Waals surface area contributed by atoms with E-state index < -0.39 is 5.91 Å². The zero-order valence-electron chi connectivity index (χ0n) is 16.8. The summed E-state index contributed by atoms with van der Waals surface area (Å²) in [6.07, 6.45) is -0.00948. The molecule has 0 fully saturated rings. The van der Waals surface area contributed by atoms with Crippen LogP contribution in [0.25, 0.3) is 10.8 Å². The minimum absolute atomic E-state index is 0.00948. The summed E-state index contributed by atoms with van der Waals surface area (Å²) < 4.78 is 5.49. The first-order valence-electron chi connectivity index (χ1n) is 9.55. The molecule has 7 heteroatoms. The van der Waals surface area contributed by atoms with E-state index in [1.54, 1.807) is 31.2 Å². The normalized spacial score (nSPS) is 11.2. The smallest absolute Gasteiger partial charge is 0.275 e. The summed E-state index contributed by atoms with van der Waals surface area (Å²) >= 11 is 0. The first kappa shape index (κ1) is 20.9. The quantitative estimate of drug-likeness (QED) is 0.407. The van der Waals surface area contributed by atoms with E-state index in [2.05, 4.69) is 15.8 Å². The number of phenols is 1. The van der Waals surface area contributed by atoms with Crippen LogP contribution in [0.15, 0.2) is 65.8 Å². The highest BCUT2D eigenvalue weighted by molar-refractivity contribution is 6.07. The highest BCUT2D eigenvalue weighted by Crippen LogP contribution is 2.25. The van der Waals surface area contributed by atoms with Gasteiger partial charge in [0, 0.05) is 5.71 Å². The van der Waals surface area contributed by atoms with Crippen LogP contribution in [0.2, 0.25) is 0 Å². The van der Waals surface area contributed by atoms with Crippen molar-refractivity contribution in [2.24, 2.45) is 5.10 Å². The number of anilines is 1. The summed E-state index contributed by atoms with van der Waals surface area (Å²) in [4.78, 5) is 24.7. The third kappa shape index (κ3) is 5.14. The van der Waals surface area contributed by atoms with Crippen LogP contribution in [-0.4, -0.2) is 29.2 Å². The van der Waals surface area contributed by atoms with Gasteiger partial charge in [0.05, 0.1) is 24.3 Å². The van der Waals surface area contributed by atoms with E-state index >= 15 is 0 Å². The van der Waals surface area contributed by atoms with E-state index in [1.807, 2.05) is 37.3 Å². The lowest BCUT2D eigenvalue weighted by molar-refractivity contribution is -0.115.